The van der Waals surface area contributed by atoms with E-state index >= 15 is 0 Å². The van der Waals surface area contributed by atoms with Gasteiger partial charge in [0.2, 0.25) is 11.8 Å². The lowest BCUT2D eigenvalue weighted by atomic mass is 10.1. The zero-order valence-electron chi connectivity index (χ0n) is 23.5. The van der Waals surface area contributed by atoms with Crippen molar-refractivity contribution in [3.05, 3.63) is 92.9 Å². The molecule has 1 unspecified atom stereocenters. The van der Waals surface area contributed by atoms with E-state index < -0.39 is 28.5 Å². The minimum Gasteiger partial charge on any atom is -0.352 e. The first-order valence-corrected chi connectivity index (χ1v) is 16.5. The van der Waals surface area contributed by atoms with Crippen LogP contribution in [0.5, 0.6) is 0 Å². The van der Waals surface area contributed by atoms with Crippen molar-refractivity contribution in [1.82, 2.24) is 10.2 Å². The molecule has 3 aromatic carbocycles. The van der Waals surface area contributed by atoms with E-state index in [1.165, 1.54) is 29.2 Å². The number of anilines is 1. The van der Waals surface area contributed by atoms with Gasteiger partial charge in [-0.3, -0.25) is 13.9 Å². The Morgan fingerprint density at radius 1 is 0.929 bits per heavy atom. The number of carbonyl (C=O) groups is 2. The Hall–Kier alpha value is -2.78. The quantitative estimate of drug-likeness (QED) is 0.242. The standard InChI is InChI=1S/C31H34Cl3N3O4S/c1-3-27(31(39)35-23-10-5-6-11-23)36(19-22-9-4-7-12-25(22)32)29(38)20-37(28-14-8-13-26(33)30(28)34)42(40,41)24-17-15-21(2)16-18-24/h4,7-9,12-18,23,27H,3,5-6,10-11,19-20H2,1-2H3,(H,35,39). The molecule has 7 nitrogen and oxygen atoms in total. The number of rotatable bonds is 11. The van der Waals surface area contributed by atoms with Crippen LogP contribution >= 0.6 is 34.8 Å². The molecule has 1 aliphatic rings. The molecule has 42 heavy (non-hydrogen) atoms. The van der Waals surface area contributed by atoms with Crippen LogP contribution in [0.25, 0.3) is 0 Å². The first-order chi connectivity index (χ1) is 20.0. The lowest BCUT2D eigenvalue weighted by Crippen LogP contribution is -2.53. The van der Waals surface area contributed by atoms with Gasteiger partial charge in [-0.2, -0.15) is 0 Å². The molecule has 224 valence electrons. The summed E-state index contributed by atoms with van der Waals surface area (Å²) in [5.74, 6) is -0.867. The number of amides is 2. The summed E-state index contributed by atoms with van der Waals surface area (Å²) in [5, 5.41) is 3.66. The molecule has 1 fully saturated rings. The SMILES string of the molecule is CCC(C(=O)NC1CCCC1)N(Cc1ccccc1Cl)C(=O)CN(c1cccc(Cl)c1Cl)S(=O)(=O)c1ccc(C)cc1. The van der Waals surface area contributed by atoms with E-state index in [0.717, 1.165) is 35.6 Å². The molecule has 0 bridgehead atoms. The van der Waals surface area contributed by atoms with Crippen LogP contribution in [0.1, 0.15) is 50.2 Å². The van der Waals surface area contributed by atoms with E-state index in [-0.39, 0.29) is 39.1 Å². The topological polar surface area (TPSA) is 86.8 Å². The highest BCUT2D eigenvalue weighted by Crippen LogP contribution is 2.36. The second-order valence-corrected chi connectivity index (χ2v) is 13.5. The van der Waals surface area contributed by atoms with Crippen LogP contribution in [0.2, 0.25) is 15.1 Å². The summed E-state index contributed by atoms with van der Waals surface area (Å²) in [4.78, 5) is 29.2. The molecule has 0 aliphatic heterocycles. The van der Waals surface area contributed by atoms with Crippen LogP contribution in [0.15, 0.2) is 71.6 Å². The number of sulfonamides is 1. The third kappa shape index (κ3) is 7.40. The maximum atomic E-state index is 14.2. The number of aryl methyl sites for hydroxylation is 1. The van der Waals surface area contributed by atoms with Crippen LogP contribution in [0.4, 0.5) is 5.69 Å². The fourth-order valence-corrected chi connectivity index (χ4v) is 7.20. The molecule has 1 atom stereocenters. The average molecular weight is 651 g/mol. The highest BCUT2D eigenvalue weighted by molar-refractivity contribution is 7.92. The van der Waals surface area contributed by atoms with E-state index in [1.54, 1.807) is 42.5 Å². The van der Waals surface area contributed by atoms with Gasteiger partial charge in [0, 0.05) is 17.6 Å². The van der Waals surface area contributed by atoms with Crippen LogP contribution < -0.4 is 9.62 Å². The first-order valence-electron chi connectivity index (χ1n) is 13.9. The molecule has 3 aromatic rings. The van der Waals surface area contributed by atoms with Crippen LogP contribution in [-0.2, 0) is 26.2 Å². The molecule has 4 rings (SSSR count). The largest absolute Gasteiger partial charge is 0.352 e. The molecule has 0 saturated heterocycles. The Labute approximate surface area is 262 Å². The van der Waals surface area contributed by atoms with E-state index in [9.17, 15) is 18.0 Å². The van der Waals surface area contributed by atoms with Crippen LogP contribution in [-0.4, -0.2) is 43.8 Å². The Kier molecular flexibility index (Phi) is 10.8. The van der Waals surface area contributed by atoms with Gasteiger partial charge in [-0.05, 0) is 62.1 Å². The van der Waals surface area contributed by atoms with E-state index in [2.05, 4.69) is 5.32 Å². The first kappa shape index (κ1) is 32.1. The number of halogens is 3. The monoisotopic (exact) mass is 649 g/mol. The molecular formula is C31H34Cl3N3O4S. The second-order valence-electron chi connectivity index (χ2n) is 10.4. The fourth-order valence-electron chi connectivity index (χ4n) is 5.13. The smallest absolute Gasteiger partial charge is 0.264 e. The molecule has 0 aromatic heterocycles. The number of nitrogens with zero attached hydrogens (tertiary/aromatic N) is 2. The second kappa shape index (κ2) is 14.1. The number of benzene rings is 3. The van der Waals surface area contributed by atoms with Crippen molar-refractivity contribution in [3.63, 3.8) is 0 Å². The van der Waals surface area contributed by atoms with Gasteiger partial charge in [0.25, 0.3) is 10.0 Å². The predicted molar refractivity (Wildman–Crippen MR) is 169 cm³/mol. The summed E-state index contributed by atoms with van der Waals surface area (Å²) >= 11 is 19.3. The third-order valence-electron chi connectivity index (χ3n) is 7.47. The highest BCUT2D eigenvalue weighted by atomic mass is 35.5. The van der Waals surface area contributed by atoms with Crippen molar-refractivity contribution in [2.24, 2.45) is 0 Å². The van der Waals surface area contributed by atoms with Crippen molar-refractivity contribution < 1.29 is 18.0 Å². The molecule has 1 N–H and O–H groups in total. The molecule has 1 aliphatic carbocycles. The van der Waals surface area contributed by atoms with Crippen molar-refractivity contribution in [2.45, 2.75) is 69.5 Å². The normalized spacial score (nSPS) is 14.4. The van der Waals surface area contributed by atoms with E-state index in [1.807, 2.05) is 13.8 Å². The molecule has 0 radical (unpaired) electrons. The van der Waals surface area contributed by atoms with Crippen molar-refractivity contribution >= 4 is 62.3 Å². The van der Waals surface area contributed by atoms with E-state index in [4.69, 9.17) is 34.8 Å². The minimum absolute atomic E-state index is 0.00803. The Bertz CT molecular complexity index is 1530. The lowest BCUT2D eigenvalue weighted by Gasteiger charge is -2.34. The number of nitrogens with one attached hydrogen (secondary N) is 1. The van der Waals surface area contributed by atoms with Gasteiger partial charge in [-0.1, -0.05) is 96.5 Å². The minimum atomic E-state index is -4.27. The summed E-state index contributed by atoms with van der Waals surface area (Å²) in [5.41, 5.74) is 1.56. The van der Waals surface area contributed by atoms with Gasteiger partial charge in [-0.25, -0.2) is 8.42 Å². The van der Waals surface area contributed by atoms with Gasteiger partial charge in [0.1, 0.15) is 12.6 Å². The Morgan fingerprint density at radius 3 is 2.21 bits per heavy atom. The number of carbonyl (C=O) groups excluding carboxylic acids is 2. The molecule has 0 spiro atoms. The van der Waals surface area contributed by atoms with Gasteiger partial charge in [-0.15, -0.1) is 0 Å². The zero-order valence-corrected chi connectivity index (χ0v) is 26.6. The van der Waals surface area contributed by atoms with Gasteiger partial charge < -0.3 is 10.2 Å². The lowest BCUT2D eigenvalue weighted by molar-refractivity contribution is -0.140. The van der Waals surface area contributed by atoms with Crippen LogP contribution in [0.3, 0.4) is 0 Å². The van der Waals surface area contributed by atoms with Crippen molar-refractivity contribution in [1.29, 1.82) is 0 Å². The molecule has 11 heteroatoms. The third-order valence-corrected chi connectivity index (χ3v) is 10.4. The van der Waals surface area contributed by atoms with E-state index in [0.29, 0.717) is 17.0 Å². The maximum Gasteiger partial charge on any atom is 0.264 e. The summed E-state index contributed by atoms with van der Waals surface area (Å²) in [6, 6.07) is 17.2. The Balaban J connectivity index is 1.75. The van der Waals surface area contributed by atoms with Gasteiger partial charge >= 0.3 is 0 Å². The van der Waals surface area contributed by atoms with Crippen molar-refractivity contribution in [2.75, 3.05) is 10.8 Å². The number of hydrogen-bond acceptors (Lipinski definition) is 4. The van der Waals surface area contributed by atoms with Gasteiger partial charge in [0.15, 0.2) is 0 Å². The molecular weight excluding hydrogens is 617 g/mol. The fraction of sp³-hybridized carbons (Fsp3) is 0.355. The molecule has 2 amide bonds. The van der Waals surface area contributed by atoms with Crippen molar-refractivity contribution in [3.8, 4) is 0 Å². The summed E-state index contributed by atoms with van der Waals surface area (Å²) in [6.45, 7) is 3.06. The predicted octanol–water partition coefficient (Wildman–Crippen LogP) is 7.02. The summed E-state index contributed by atoms with van der Waals surface area (Å²) < 4.78 is 29.0. The maximum absolute atomic E-state index is 14.2. The summed E-state index contributed by atoms with van der Waals surface area (Å²) in [6.07, 6.45) is 4.16. The summed E-state index contributed by atoms with van der Waals surface area (Å²) in [7, 11) is -4.27. The average Bonchev–Trinajstić information content (AvgIpc) is 3.47. The number of hydrogen-bond donors (Lipinski definition) is 1. The molecule has 1 saturated carbocycles. The van der Waals surface area contributed by atoms with Gasteiger partial charge in [0.05, 0.1) is 20.6 Å². The Morgan fingerprint density at radius 2 is 1.57 bits per heavy atom. The zero-order chi connectivity index (χ0) is 30.4. The van der Waals surface area contributed by atoms with Crippen LogP contribution in [0, 0.1) is 6.92 Å². The molecule has 0 heterocycles. The highest BCUT2D eigenvalue weighted by Gasteiger charge is 2.35.